The number of hydrogen-bond donors (Lipinski definition) is 1. The third-order valence-electron chi connectivity index (χ3n) is 3.73. The zero-order valence-electron chi connectivity index (χ0n) is 13.8. The fourth-order valence-corrected chi connectivity index (χ4v) is 2.26. The lowest BCUT2D eigenvalue weighted by Crippen LogP contribution is -2.09. The lowest BCUT2D eigenvalue weighted by atomic mass is 10.1. The van der Waals surface area contributed by atoms with Gasteiger partial charge in [0.25, 0.3) is 0 Å². The summed E-state index contributed by atoms with van der Waals surface area (Å²) in [5.74, 6) is 1.10. The summed E-state index contributed by atoms with van der Waals surface area (Å²) in [6.07, 6.45) is 3.17. The molecule has 0 bridgehead atoms. The van der Waals surface area contributed by atoms with Gasteiger partial charge in [0.05, 0.1) is 19.8 Å². The normalized spacial score (nSPS) is 10.6. The minimum atomic E-state index is -0.202. The second-order valence-electron chi connectivity index (χ2n) is 5.15. The lowest BCUT2D eigenvalue weighted by Gasteiger charge is -2.10. The summed E-state index contributed by atoms with van der Waals surface area (Å²) >= 11 is 0. The van der Waals surface area contributed by atoms with Gasteiger partial charge in [0.15, 0.2) is 0 Å². The first-order chi connectivity index (χ1) is 11.1. The van der Waals surface area contributed by atoms with E-state index < -0.39 is 0 Å². The number of rotatable bonds is 5. The topological polar surface area (TPSA) is 47.6 Å². The number of ether oxygens (including phenoxy) is 2. The highest BCUT2D eigenvalue weighted by atomic mass is 16.5. The number of nitrogens with one attached hydrogen (secondary N) is 1. The number of carbonyl (C=O) groups excluding carboxylic acids is 1. The summed E-state index contributed by atoms with van der Waals surface area (Å²) in [7, 11) is 3.17. The van der Waals surface area contributed by atoms with E-state index in [1.54, 1.807) is 20.3 Å². The van der Waals surface area contributed by atoms with E-state index in [2.05, 4.69) is 5.32 Å². The van der Waals surface area contributed by atoms with Gasteiger partial charge in [-0.15, -0.1) is 0 Å². The molecule has 23 heavy (non-hydrogen) atoms. The van der Waals surface area contributed by atoms with E-state index in [0.29, 0.717) is 11.5 Å². The van der Waals surface area contributed by atoms with Gasteiger partial charge >= 0.3 is 0 Å². The summed E-state index contributed by atoms with van der Waals surface area (Å²) in [6, 6.07) is 11.3. The molecule has 0 aliphatic carbocycles. The SMILES string of the molecule is COc1cccc(OC)c1/C=C/C(=O)Nc1cccc(C)c1C. The number of benzene rings is 2. The molecular formula is C19H21NO3. The number of amides is 1. The summed E-state index contributed by atoms with van der Waals surface area (Å²) < 4.78 is 10.6. The van der Waals surface area contributed by atoms with E-state index in [1.807, 2.05) is 50.2 Å². The Hall–Kier alpha value is -2.75. The molecule has 2 aromatic carbocycles. The van der Waals surface area contributed by atoms with Crippen molar-refractivity contribution in [2.75, 3.05) is 19.5 Å². The first-order valence-electron chi connectivity index (χ1n) is 7.33. The summed E-state index contributed by atoms with van der Waals surface area (Å²) in [5.41, 5.74) is 3.74. The molecule has 0 atom stereocenters. The second-order valence-corrected chi connectivity index (χ2v) is 5.15. The first-order valence-corrected chi connectivity index (χ1v) is 7.33. The van der Waals surface area contributed by atoms with Crippen LogP contribution in [-0.2, 0) is 4.79 Å². The molecule has 2 aromatic rings. The first kappa shape index (κ1) is 16.6. The van der Waals surface area contributed by atoms with Crippen molar-refractivity contribution in [2.45, 2.75) is 13.8 Å². The van der Waals surface area contributed by atoms with Crippen molar-refractivity contribution in [2.24, 2.45) is 0 Å². The molecule has 120 valence electrons. The van der Waals surface area contributed by atoms with E-state index in [9.17, 15) is 4.79 Å². The molecule has 2 rings (SSSR count). The zero-order chi connectivity index (χ0) is 16.8. The maximum atomic E-state index is 12.2. The number of methoxy groups -OCH3 is 2. The molecule has 4 nitrogen and oxygen atoms in total. The second kappa shape index (κ2) is 7.49. The summed E-state index contributed by atoms with van der Waals surface area (Å²) in [6.45, 7) is 4.00. The van der Waals surface area contributed by atoms with Gasteiger partial charge in [-0.25, -0.2) is 0 Å². The van der Waals surface area contributed by atoms with E-state index in [-0.39, 0.29) is 5.91 Å². The number of carbonyl (C=O) groups is 1. The predicted octanol–water partition coefficient (Wildman–Crippen LogP) is 3.97. The number of aryl methyl sites for hydroxylation is 1. The van der Waals surface area contributed by atoms with E-state index in [4.69, 9.17) is 9.47 Å². The Morgan fingerprint density at radius 1 is 1.00 bits per heavy atom. The maximum absolute atomic E-state index is 12.2. The van der Waals surface area contributed by atoms with Crippen molar-refractivity contribution >= 4 is 17.7 Å². The molecule has 0 radical (unpaired) electrons. The van der Waals surface area contributed by atoms with Crippen molar-refractivity contribution in [3.05, 3.63) is 59.2 Å². The number of anilines is 1. The van der Waals surface area contributed by atoms with Crippen LogP contribution in [0.2, 0.25) is 0 Å². The smallest absolute Gasteiger partial charge is 0.248 e. The molecule has 1 amide bonds. The van der Waals surface area contributed by atoms with Crippen LogP contribution >= 0.6 is 0 Å². The van der Waals surface area contributed by atoms with Crippen LogP contribution in [0.5, 0.6) is 11.5 Å². The molecule has 0 aromatic heterocycles. The average Bonchev–Trinajstić information content (AvgIpc) is 2.56. The minimum absolute atomic E-state index is 0.202. The van der Waals surface area contributed by atoms with Crippen molar-refractivity contribution < 1.29 is 14.3 Å². The standard InChI is InChI=1S/C19H21NO3/c1-13-7-5-8-16(14(13)2)20-19(21)12-11-15-17(22-3)9-6-10-18(15)23-4/h5-12H,1-4H3,(H,20,21)/b12-11+. The predicted molar refractivity (Wildman–Crippen MR) is 93.1 cm³/mol. The van der Waals surface area contributed by atoms with Crippen LogP contribution in [0.1, 0.15) is 16.7 Å². The van der Waals surface area contributed by atoms with Crippen molar-refractivity contribution in [1.29, 1.82) is 0 Å². The summed E-state index contributed by atoms with van der Waals surface area (Å²) in [5, 5.41) is 2.89. The van der Waals surface area contributed by atoms with Gasteiger partial charge in [0, 0.05) is 11.8 Å². The largest absolute Gasteiger partial charge is 0.496 e. The van der Waals surface area contributed by atoms with E-state index >= 15 is 0 Å². The Balaban J connectivity index is 2.20. The van der Waals surface area contributed by atoms with Gasteiger partial charge in [-0.1, -0.05) is 18.2 Å². The molecule has 0 fully saturated rings. The van der Waals surface area contributed by atoms with Crippen LogP contribution in [-0.4, -0.2) is 20.1 Å². The number of hydrogen-bond acceptors (Lipinski definition) is 3. The molecule has 0 aliphatic heterocycles. The molecule has 0 saturated heterocycles. The lowest BCUT2D eigenvalue weighted by molar-refractivity contribution is -0.111. The van der Waals surface area contributed by atoms with Crippen LogP contribution in [0.3, 0.4) is 0 Å². The summed E-state index contributed by atoms with van der Waals surface area (Å²) in [4.78, 5) is 12.2. The van der Waals surface area contributed by atoms with Gasteiger partial charge < -0.3 is 14.8 Å². The Labute approximate surface area is 136 Å². The third-order valence-corrected chi connectivity index (χ3v) is 3.73. The Bertz CT molecular complexity index is 713. The Morgan fingerprint density at radius 3 is 2.22 bits per heavy atom. The molecule has 0 heterocycles. The maximum Gasteiger partial charge on any atom is 0.248 e. The fraction of sp³-hybridized carbons (Fsp3) is 0.211. The van der Waals surface area contributed by atoms with Gasteiger partial charge in [-0.05, 0) is 49.2 Å². The van der Waals surface area contributed by atoms with Crippen LogP contribution in [0, 0.1) is 13.8 Å². The zero-order valence-corrected chi connectivity index (χ0v) is 13.8. The molecule has 0 unspecified atom stereocenters. The molecule has 4 heteroatoms. The molecule has 0 aliphatic rings. The quantitative estimate of drug-likeness (QED) is 0.850. The van der Waals surface area contributed by atoms with Gasteiger partial charge in [0.1, 0.15) is 11.5 Å². The highest BCUT2D eigenvalue weighted by Crippen LogP contribution is 2.29. The van der Waals surface area contributed by atoms with E-state index in [1.165, 1.54) is 6.08 Å². The van der Waals surface area contributed by atoms with Gasteiger partial charge in [-0.3, -0.25) is 4.79 Å². The highest BCUT2D eigenvalue weighted by Gasteiger charge is 2.08. The van der Waals surface area contributed by atoms with Crippen LogP contribution < -0.4 is 14.8 Å². The van der Waals surface area contributed by atoms with Crippen LogP contribution in [0.4, 0.5) is 5.69 Å². The minimum Gasteiger partial charge on any atom is -0.496 e. The molecule has 1 N–H and O–H groups in total. The Morgan fingerprint density at radius 2 is 1.61 bits per heavy atom. The van der Waals surface area contributed by atoms with E-state index in [0.717, 1.165) is 22.4 Å². The van der Waals surface area contributed by atoms with Crippen molar-refractivity contribution in [1.82, 2.24) is 0 Å². The fourth-order valence-electron chi connectivity index (χ4n) is 2.26. The van der Waals surface area contributed by atoms with Gasteiger partial charge in [-0.2, -0.15) is 0 Å². The molecular weight excluding hydrogens is 290 g/mol. The monoisotopic (exact) mass is 311 g/mol. The van der Waals surface area contributed by atoms with Crippen LogP contribution in [0.25, 0.3) is 6.08 Å². The molecule has 0 spiro atoms. The van der Waals surface area contributed by atoms with Crippen LogP contribution in [0.15, 0.2) is 42.5 Å². The highest BCUT2D eigenvalue weighted by molar-refractivity contribution is 6.02. The van der Waals surface area contributed by atoms with Crippen molar-refractivity contribution in [3.63, 3.8) is 0 Å². The Kier molecular flexibility index (Phi) is 5.41. The van der Waals surface area contributed by atoms with Gasteiger partial charge in [0.2, 0.25) is 5.91 Å². The average molecular weight is 311 g/mol. The molecule has 0 saturated carbocycles. The third kappa shape index (κ3) is 3.92. The van der Waals surface area contributed by atoms with Crippen molar-refractivity contribution in [3.8, 4) is 11.5 Å².